The van der Waals surface area contributed by atoms with E-state index in [0.717, 1.165) is 0 Å². The SMILES string of the molecule is COCC(O)COCC(O)CCCCC(CC(=O)c1ccccc1)C(=O)O. The number of hydrogen-bond acceptors (Lipinski definition) is 6. The molecule has 152 valence electrons. The third-order valence-corrected chi connectivity index (χ3v) is 4.20. The molecule has 1 rings (SSSR count). The van der Waals surface area contributed by atoms with E-state index in [1.54, 1.807) is 30.3 Å². The molecule has 1 aromatic carbocycles. The summed E-state index contributed by atoms with van der Waals surface area (Å²) >= 11 is 0. The van der Waals surface area contributed by atoms with Gasteiger partial charge in [-0.2, -0.15) is 0 Å². The van der Waals surface area contributed by atoms with Gasteiger partial charge in [-0.25, -0.2) is 0 Å². The normalized spacial score (nSPS) is 14.5. The van der Waals surface area contributed by atoms with E-state index in [4.69, 9.17) is 9.47 Å². The molecular weight excluding hydrogens is 352 g/mol. The third-order valence-electron chi connectivity index (χ3n) is 4.20. The van der Waals surface area contributed by atoms with Gasteiger partial charge in [0.25, 0.3) is 0 Å². The van der Waals surface area contributed by atoms with Crippen LogP contribution in [0.1, 0.15) is 42.5 Å². The van der Waals surface area contributed by atoms with Crippen molar-refractivity contribution < 1.29 is 34.4 Å². The highest BCUT2D eigenvalue weighted by Gasteiger charge is 2.21. The number of methoxy groups -OCH3 is 1. The fraction of sp³-hybridized carbons (Fsp3) is 0.600. The second-order valence-corrected chi connectivity index (χ2v) is 6.61. The maximum Gasteiger partial charge on any atom is 0.306 e. The molecular formula is C20H30O7. The van der Waals surface area contributed by atoms with Gasteiger partial charge in [-0.05, 0) is 12.8 Å². The number of hydrogen-bond donors (Lipinski definition) is 3. The van der Waals surface area contributed by atoms with Crippen LogP contribution in [-0.2, 0) is 14.3 Å². The van der Waals surface area contributed by atoms with E-state index in [1.165, 1.54) is 7.11 Å². The molecule has 3 unspecified atom stereocenters. The lowest BCUT2D eigenvalue weighted by atomic mass is 9.93. The molecule has 27 heavy (non-hydrogen) atoms. The van der Waals surface area contributed by atoms with Crippen LogP contribution in [0.2, 0.25) is 0 Å². The van der Waals surface area contributed by atoms with Crippen molar-refractivity contribution >= 4 is 11.8 Å². The molecule has 0 saturated carbocycles. The zero-order valence-corrected chi connectivity index (χ0v) is 15.8. The first-order chi connectivity index (χ1) is 12.9. The number of ether oxygens (including phenoxy) is 2. The lowest BCUT2D eigenvalue weighted by Gasteiger charge is -2.15. The van der Waals surface area contributed by atoms with Gasteiger partial charge in [-0.15, -0.1) is 0 Å². The Morgan fingerprint density at radius 2 is 1.59 bits per heavy atom. The summed E-state index contributed by atoms with van der Waals surface area (Å²) in [6.45, 7) is 0.373. The van der Waals surface area contributed by atoms with Crippen molar-refractivity contribution in [2.45, 2.75) is 44.3 Å². The molecule has 0 aromatic heterocycles. The first-order valence-corrected chi connectivity index (χ1v) is 9.17. The average molecular weight is 382 g/mol. The van der Waals surface area contributed by atoms with Gasteiger partial charge < -0.3 is 24.8 Å². The number of aliphatic hydroxyl groups excluding tert-OH is 2. The molecule has 0 heterocycles. The van der Waals surface area contributed by atoms with Gasteiger partial charge >= 0.3 is 5.97 Å². The highest BCUT2D eigenvalue weighted by molar-refractivity contribution is 5.97. The zero-order chi connectivity index (χ0) is 20.1. The van der Waals surface area contributed by atoms with Gasteiger partial charge in [0.15, 0.2) is 5.78 Å². The molecule has 0 spiro atoms. The average Bonchev–Trinajstić information content (AvgIpc) is 2.64. The molecule has 0 aliphatic carbocycles. The molecule has 7 heteroatoms. The smallest absolute Gasteiger partial charge is 0.306 e. The van der Waals surface area contributed by atoms with Gasteiger partial charge in [0, 0.05) is 19.1 Å². The predicted molar refractivity (Wildman–Crippen MR) is 99.7 cm³/mol. The molecule has 0 aliphatic rings. The van der Waals surface area contributed by atoms with Gasteiger partial charge in [-0.1, -0.05) is 43.2 Å². The minimum Gasteiger partial charge on any atom is -0.481 e. The van der Waals surface area contributed by atoms with Gasteiger partial charge in [-0.3, -0.25) is 9.59 Å². The number of aliphatic hydroxyl groups is 2. The summed E-state index contributed by atoms with van der Waals surface area (Å²) in [6, 6.07) is 8.67. The van der Waals surface area contributed by atoms with E-state index in [1.807, 2.05) is 0 Å². The van der Waals surface area contributed by atoms with E-state index in [2.05, 4.69) is 0 Å². The van der Waals surface area contributed by atoms with Crippen LogP contribution in [-0.4, -0.2) is 66.2 Å². The molecule has 0 fully saturated rings. The molecule has 3 atom stereocenters. The maximum atomic E-state index is 12.2. The van der Waals surface area contributed by atoms with Crippen LogP contribution >= 0.6 is 0 Å². The van der Waals surface area contributed by atoms with Crippen molar-refractivity contribution in [2.75, 3.05) is 26.9 Å². The number of ketones is 1. The number of rotatable bonds is 15. The minimum absolute atomic E-state index is 0.0254. The van der Waals surface area contributed by atoms with Crippen LogP contribution in [0.25, 0.3) is 0 Å². The highest BCUT2D eigenvalue weighted by Crippen LogP contribution is 2.18. The Labute approximate surface area is 159 Å². The molecule has 0 amide bonds. The molecule has 0 saturated heterocycles. The summed E-state index contributed by atoms with van der Waals surface area (Å²) in [5.74, 6) is -1.88. The van der Waals surface area contributed by atoms with Crippen molar-refractivity contribution in [1.29, 1.82) is 0 Å². The number of aliphatic carboxylic acids is 1. The first kappa shape index (κ1) is 23.2. The lowest BCUT2D eigenvalue weighted by Crippen LogP contribution is -2.24. The summed E-state index contributed by atoms with van der Waals surface area (Å²) in [5, 5.41) is 28.6. The summed E-state index contributed by atoms with van der Waals surface area (Å²) in [7, 11) is 1.48. The summed E-state index contributed by atoms with van der Waals surface area (Å²) in [4.78, 5) is 23.6. The van der Waals surface area contributed by atoms with Crippen molar-refractivity contribution in [3.05, 3.63) is 35.9 Å². The highest BCUT2D eigenvalue weighted by atomic mass is 16.5. The lowest BCUT2D eigenvalue weighted by molar-refractivity contribution is -0.141. The van der Waals surface area contributed by atoms with E-state index in [0.29, 0.717) is 31.2 Å². The first-order valence-electron chi connectivity index (χ1n) is 9.17. The Morgan fingerprint density at radius 1 is 0.963 bits per heavy atom. The van der Waals surface area contributed by atoms with E-state index < -0.39 is 24.1 Å². The zero-order valence-electron chi connectivity index (χ0n) is 15.8. The van der Waals surface area contributed by atoms with Crippen LogP contribution in [0.3, 0.4) is 0 Å². The minimum atomic E-state index is -0.977. The summed E-state index contributed by atoms with van der Waals surface area (Å²) in [6.07, 6.45) is 0.668. The largest absolute Gasteiger partial charge is 0.481 e. The summed E-state index contributed by atoms with van der Waals surface area (Å²) in [5.41, 5.74) is 0.520. The molecule has 1 aromatic rings. The maximum absolute atomic E-state index is 12.2. The molecule has 7 nitrogen and oxygen atoms in total. The second-order valence-electron chi connectivity index (χ2n) is 6.61. The van der Waals surface area contributed by atoms with Crippen LogP contribution in [0.15, 0.2) is 30.3 Å². The van der Waals surface area contributed by atoms with Crippen molar-refractivity contribution in [1.82, 2.24) is 0 Å². The number of unbranched alkanes of at least 4 members (excludes halogenated alkanes) is 1. The number of carbonyl (C=O) groups excluding carboxylic acids is 1. The number of benzene rings is 1. The topological polar surface area (TPSA) is 113 Å². The quantitative estimate of drug-likeness (QED) is 0.314. The Morgan fingerprint density at radius 3 is 2.22 bits per heavy atom. The second kappa shape index (κ2) is 13.4. The Balaban J connectivity index is 2.25. The van der Waals surface area contributed by atoms with Crippen molar-refractivity contribution in [3.63, 3.8) is 0 Å². The van der Waals surface area contributed by atoms with Gasteiger partial charge in [0.05, 0.1) is 31.8 Å². The van der Waals surface area contributed by atoms with Crippen LogP contribution in [0.4, 0.5) is 0 Å². The van der Waals surface area contributed by atoms with Gasteiger partial charge in [0.2, 0.25) is 0 Å². The fourth-order valence-corrected chi connectivity index (χ4v) is 2.71. The summed E-state index contributed by atoms with van der Waals surface area (Å²) < 4.78 is 9.98. The van der Waals surface area contributed by atoms with Crippen LogP contribution in [0, 0.1) is 5.92 Å². The monoisotopic (exact) mass is 382 g/mol. The Kier molecular flexibility index (Phi) is 11.5. The Bertz CT molecular complexity index is 547. The van der Waals surface area contributed by atoms with Crippen LogP contribution in [0.5, 0.6) is 0 Å². The standard InChI is InChI=1S/C20H30O7/c1-26-12-18(22)14-27-13-17(21)10-6-5-9-16(20(24)25)11-19(23)15-7-3-2-4-8-15/h2-4,7-8,16-18,21-22H,5-6,9-14H2,1H3,(H,24,25). The van der Waals surface area contributed by atoms with Gasteiger partial charge in [0.1, 0.15) is 6.10 Å². The number of carbonyl (C=O) groups is 2. The van der Waals surface area contributed by atoms with E-state index in [9.17, 15) is 24.9 Å². The van der Waals surface area contributed by atoms with Crippen LogP contribution < -0.4 is 0 Å². The predicted octanol–water partition coefficient (Wildman–Crippen LogP) is 1.91. The van der Waals surface area contributed by atoms with Crippen molar-refractivity contribution in [3.8, 4) is 0 Å². The van der Waals surface area contributed by atoms with E-state index >= 15 is 0 Å². The third kappa shape index (κ3) is 10.2. The molecule has 3 N–H and O–H groups in total. The number of carboxylic acid groups (broad SMARTS) is 1. The Hall–Kier alpha value is -1.80. The fourth-order valence-electron chi connectivity index (χ4n) is 2.71. The van der Waals surface area contributed by atoms with Crippen molar-refractivity contribution in [2.24, 2.45) is 5.92 Å². The molecule has 0 bridgehead atoms. The number of carboxylic acids is 1. The number of Topliss-reactive ketones (excluding diaryl/α,β-unsaturated/α-hetero) is 1. The van der Waals surface area contributed by atoms with E-state index in [-0.39, 0.29) is 32.0 Å². The molecule has 0 radical (unpaired) electrons. The molecule has 0 aliphatic heterocycles.